The molecule has 0 N–H and O–H groups in total. The van der Waals surface area contributed by atoms with Crippen molar-refractivity contribution in [2.45, 2.75) is 50.6 Å². The molecular weight excluding hydrogens is 327 g/mol. The Labute approximate surface area is 138 Å². The molecule has 0 amide bonds. The first-order valence-electron chi connectivity index (χ1n) is 8.16. The van der Waals surface area contributed by atoms with Gasteiger partial charge in [0.05, 0.1) is 12.8 Å². The summed E-state index contributed by atoms with van der Waals surface area (Å²) < 4.78 is 66.7. The number of halogens is 5. The van der Waals surface area contributed by atoms with Gasteiger partial charge in [0.25, 0.3) is 6.08 Å². The van der Waals surface area contributed by atoms with E-state index in [2.05, 4.69) is 4.74 Å². The van der Waals surface area contributed by atoms with Gasteiger partial charge in [-0.25, -0.2) is 0 Å². The van der Waals surface area contributed by atoms with Gasteiger partial charge in [0.1, 0.15) is 5.75 Å². The Morgan fingerprint density at radius 1 is 1.08 bits per heavy atom. The van der Waals surface area contributed by atoms with Crippen molar-refractivity contribution < 1.29 is 26.7 Å². The fourth-order valence-corrected chi connectivity index (χ4v) is 3.27. The molecule has 0 unspecified atom stereocenters. The highest BCUT2D eigenvalue weighted by molar-refractivity contribution is 5.30. The minimum atomic E-state index is -4.03. The SMILES string of the molecule is FCCCC1CCC(c2ccc(OC(F)(F)C=C(F)F)cc2)CC1. The predicted octanol–water partition coefficient (Wildman–Crippen LogP) is 6.46. The maximum atomic E-state index is 13.2. The molecule has 0 atom stereocenters. The van der Waals surface area contributed by atoms with Crippen LogP contribution in [0.1, 0.15) is 50.0 Å². The molecule has 0 heterocycles. The molecule has 134 valence electrons. The van der Waals surface area contributed by atoms with Gasteiger partial charge in [-0.15, -0.1) is 0 Å². The van der Waals surface area contributed by atoms with Gasteiger partial charge < -0.3 is 4.74 Å². The average molecular weight is 348 g/mol. The summed E-state index contributed by atoms with van der Waals surface area (Å²) >= 11 is 0. The highest BCUT2D eigenvalue weighted by Crippen LogP contribution is 2.38. The molecule has 1 aromatic carbocycles. The summed E-state index contributed by atoms with van der Waals surface area (Å²) in [6, 6.07) is 6.16. The monoisotopic (exact) mass is 348 g/mol. The Bertz CT molecular complexity index is 529. The van der Waals surface area contributed by atoms with Gasteiger partial charge in [-0.2, -0.15) is 17.6 Å². The largest absolute Gasteiger partial charge is 0.429 e. The van der Waals surface area contributed by atoms with Crippen LogP contribution >= 0.6 is 0 Å². The topological polar surface area (TPSA) is 9.23 Å². The molecule has 0 aromatic heterocycles. The van der Waals surface area contributed by atoms with Crippen molar-refractivity contribution in [2.24, 2.45) is 5.92 Å². The van der Waals surface area contributed by atoms with Gasteiger partial charge in [-0.3, -0.25) is 4.39 Å². The van der Waals surface area contributed by atoms with Crippen LogP contribution in [0.15, 0.2) is 36.4 Å². The van der Waals surface area contributed by atoms with Crippen molar-refractivity contribution in [1.29, 1.82) is 0 Å². The molecule has 0 bridgehead atoms. The number of benzene rings is 1. The molecule has 2 rings (SSSR count). The Balaban J connectivity index is 1.90. The van der Waals surface area contributed by atoms with Crippen LogP contribution in [-0.4, -0.2) is 12.8 Å². The van der Waals surface area contributed by atoms with E-state index in [9.17, 15) is 22.0 Å². The molecule has 0 spiro atoms. The smallest absolute Gasteiger partial charge is 0.425 e. The minimum Gasteiger partial charge on any atom is -0.429 e. The lowest BCUT2D eigenvalue weighted by Gasteiger charge is -2.28. The first-order valence-corrected chi connectivity index (χ1v) is 8.16. The van der Waals surface area contributed by atoms with Crippen molar-refractivity contribution in [3.05, 3.63) is 42.0 Å². The fourth-order valence-electron chi connectivity index (χ4n) is 3.27. The zero-order valence-corrected chi connectivity index (χ0v) is 13.3. The van der Waals surface area contributed by atoms with Gasteiger partial charge in [0, 0.05) is 0 Å². The highest BCUT2D eigenvalue weighted by Gasteiger charge is 2.30. The van der Waals surface area contributed by atoms with E-state index in [0.717, 1.165) is 37.7 Å². The fraction of sp³-hybridized carbons (Fsp3) is 0.556. The van der Waals surface area contributed by atoms with Gasteiger partial charge in [0.15, 0.2) is 0 Å². The molecule has 24 heavy (non-hydrogen) atoms. The van der Waals surface area contributed by atoms with Gasteiger partial charge >= 0.3 is 6.11 Å². The molecule has 6 heteroatoms. The number of alkyl halides is 3. The van der Waals surface area contributed by atoms with Crippen molar-refractivity contribution in [3.63, 3.8) is 0 Å². The maximum Gasteiger partial charge on any atom is 0.425 e. The summed E-state index contributed by atoms with van der Waals surface area (Å²) in [6.07, 6.45) is -1.43. The molecule has 0 radical (unpaired) electrons. The highest BCUT2D eigenvalue weighted by atomic mass is 19.3. The van der Waals surface area contributed by atoms with E-state index >= 15 is 0 Å². The molecule has 1 saturated carbocycles. The minimum absolute atomic E-state index is 0.155. The summed E-state index contributed by atoms with van der Waals surface area (Å²) in [5.41, 5.74) is 1.03. The van der Waals surface area contributed by atoms with Crippen LogP contribution in [0.3, 0.4) is 0 Å². The molecule has 0 saturated heterocycles. The number of hydrogen-bond donors (Lipinski definition) is 0. The van der Waals surface area contributed by atoms with Crippen molar-refractivity contribution in [3.8, 4) is 5.75 Å². The zero-order valence-electron chi connectivity index (χ0n) is 13.3. The standard InChI is InChI=1S/C18H21F5O/c19-11-1-2-13-3-5-14(6-4-13)15-7-9-16(10-8-15)24-18(22,23)12-17(20)21/h7-10,12-14H,1-6,11H2. The molecule has 0 aliphatic heterocycles. The third-order valence-electron chi connectivity index (χ3n) is 4.48. The Morgan fingerprint density at radius 2 is 1.71 bits per heavy atom. The van der Waals surface area contributed by atoms with E-state index < -0.39 is 18.3 Å². The van der Waals surface area contributed by atoms with Crippen LogP contribution in [-0.2, 0) is 0 Å². The van der Waals surface area contributed by atoms with E-state index in [1.165, 1.54) is 12.1 Å². The second kappa shape index (κ2) is 8.49. The van der Waals surface area contributed by atoms with Crippen LogP contribution in [0.4, 0.5) is 22.0 Å². The molecule has 1 nitrogen and oxygen atoms in total. The van der Waals surface area contributed by atoms with Gasteiger partial charge in [-0.05, 0) is 68.1 Å². The molecular formula is C18H21F5O. The first kappa shape index (κ1) is 18.7. The van der Waals surface area contributed by atoms with Crippen molar-refractivity contribution in [2.75, 3.05) is 6.67 Å². The Morgan fingerprint density at radius 3 is 2.25 bits per heavy atom. The van der Waals surface area contributed by atoms with Crippen LogP contribution in [0.25, 0.3) is 0 Å². The van der Waals surface area contributed by atoms with E-state index in [1.54, 1.807) is 12.1 Å². The molecule has 1 aliphatic carbocycles. The first-order chi connectivity index (χ1) is 11.4. The van der Waals surface area contributed by atoms with Gasteiger partial charge in [-0.1, -0.05) is 12.1 Å². The maximum absolute atomic E-state index is 13.2. The van der Waals surface area contributed by atoms with Crippen LogP contribution in [0.5, 0.6) is 5.75 Å². The Kier molecular flexibility index (Phi) is 6.63. The van der Waals surface area contributed by atoms with E-state index in [1.807, 2.05) is 0 Å². The van der Waals surface area contributed by atoms with E-state index in [4.69, 9.17) is 0 Å². The summed E-state index contributed by atoms with van der Waals surface area (Å²) in [5, 5.41) is 0. The second-order valence-corrected chi connectivity index (χ2v) is 6.22. The van der Waals surface area contributed by atoms with Crippen molar-refractivity contribution in [1.82, 2.24) is 0 Å². The number of ether oxygens (including phenoxy) is 1. The molecule has 1 fully saturated rings. The summed E-state index contributed by atoms with van der Waals surface area (Å²) in [4.78, 5) is 0. The third-order valence-corrected chi connectivity index (χ3v) is 4.48. The molecule has 1 aliphatic rings. The third kappa shape index (κ3) is 5.80. The summed E-state index contributed by atoms with van der Waals surface area (Å²) in [7, 11) is 0. The van der Waals surface area contributed by atoms with Crippen molar-refractivity contribution >= 4 is 0 Å². The van der Waals surface area contributed by atoms with E-state index in [0.29, 0.717) is 18.3 Å². The average Bonchev–Trinajstić information content (AvgIpc) is 2.52. The lowest BCUT2D eigenvalue weighted by atomic mass is 9.77. The van der Waals surface area contributed by atoms with Crippen LogP contribution < -0.4 is 4.74 Å². The van der Waals surface area contributed by atoms with Crippen LogP contribution in [0, 0.1) is 5.92 Å². The van der Waals surface area contributed by atoms with E-state index in [-0.39, 0.29) is 12.4 Å². The predicted molar refractivity (Wildman–Crippen MR) is 82.2 cm³/mol. The van der Waals surface area contributed by atoms with Gasteiger partial charge in [0.2, 0.25) is 0 Å². The number of rotatable bonds is 7. The summed E-state index contributed by atoms with van der Waals surface area (Å²) in [6.45, 7) is -0.270. The Hall–Kier alpha value is -1.59. The second-order valence-electron chi connectivity index (χ2n) is 6.22. The molecule has 1 aromatic rings. The van der Waals surface area contributed by atoms with Crippen LogP contribution in [0.2, 0.25) is 0 Å². The lowest BCUT2D eigenvalue weighted by Crippen LogP contribution is -2.21. The normalized spacial score (nSPS) is 21.4. The quantitative estimate of drug-likeness (QED) is 0.514. The zero-order chi connectivity index (χ0) is 17.6. The lowest BCUT2D eigenvalue weighted by molar-refractivity contribution is -0.133. The summed E-state index contributed by atoms with van der Waals surface area (Å²) in [5.74, 6) is 0.767. The number of hydrogen-bond acceptors (Lipinski definition) is 1.